The topological polar surface area (TPSA) is 58.6 Å². The standard InChI is InChI=1S/C19H28N4O2S/c1-14-15-17(23-9-7-5-4-6-8-10-23)20-13-21-18(15)26-16(14)19(24)22(2)11-12-25-3/h13H,4-12H2,1-3H3. The van der Waals surface area contributed by atoms with E-state index in [1.54, 1.807) is 18.3 Å². The molecule has 26 heavy (non-hydrogen) atoms. The van der Waals surface area contributed by atoms with Crippen LogP contribution in [-0.4, -0.2) is 61.2 Å². The lowest BCUT2D eigenvalue weighted by Gasteiger charge is -2.26. The highest BCUT2D eigenvalue weighted by Crippen LogP contribution is 2.36. The molecule has 1 amide bonds. The van der Waals surface area contributed by atoms with Crippen molar-refractivity contribution in [1.29, 1.82) is 0 Å². The highest BCUT2D eigenvalue weighted by atomic mass is 32.1. The number of amides is 1. The number of likely N-dealkylation sites (N-methyl/N-ethyl adjacent to an activating group) is 1. The molecule has 2 aromatic rings. The van der Waals surface area contributed by atoms with Gasteiger partial charge in [0.2, 0.25) is 0 Å². The van der Waals surface area contributed by atoms with Crippen molar-refractivity contribution in [2.75, 3.05) is 45.3 Å². The van der Waals surface area contributed by atoms with Crippen molar-refractivity contribution < 1.29 is 9.53 Å². The third-order valence-electron chi connectivity index (χ3n) is 5.03. The minimum Gasteiger partial charge on any atom is -0.383 e. The lowest BCUT2D eigenvalue weighted by atomic mass is 10.1. The summed E-state index contributed by atoms with van der Waals surface area (Å²) in [6.07, 6.45) is 7.91. The Labute approximate surface area is 159 Å². The van der Waals surface area contributed by atoms with E-state index in [2.05, 4.69) is 14.9 Å². The molecule has 0 saturated carbocycles. The third kappa shape index (κ3) is 3.99. The molecule has 1 saturated heterocycles. The van der Waals surface area contributed by atoms with E-state index >= 15 is 0 Å². The number of aromatic nitrogens is 2. The predicted octanol–water partition coefficient (Wildman–Crippen LogP) is 3.49. The molecule has 6 nitrogen and oxygen atoms in total. The van der Waals surface area contributed by atoms with E-state index in [0.717, 1.165) is 39.6 Å². The SMILES string of the molecule is COCCN(C)C(=O)c1sc2ncnc(N3CCCCCCC3)c2c1C. The van der Waals surface area contributed by atoms with E-state index in [1.807, 2.05) is 14.0 Å². The van der Waals surface area contributed by atoms with Gasteiger partial charge in [0.25, 0.3) is 5.91 Å². The summed E-state index contributed by atoms with van der Waals surface area (Å²) in [6.45, 7) is 5.18. The second-order valence-electron chi connectivity index (χ2n) is 6.91. The maximum Gasteiger partial charge on any atom is 0.264 e. The van der Waals surface area contributed by atoms with Crippen LogP contribution in [0.15, 0.2) is 6.33 Å². The van der Waals surface area contributed by atoms with Gasteiger partial charge in [-0.05, 0) is 25.3 Å². The molecule has 0 spiro atoms. The van der Waals surface area contributed by atoms with Gasteiger partial charge >= 0.3 is 0 Å². The average Bonchev–Trinajstić information content (AvgIpc) is 2.96. The Morgan fingerprint density at radius 1 is 1.23 bits per heavy atom. The van der Waals surface area contributed by atoms with Gasteiger partial charge in [0.15, 0.2) is 0 Å². The number of fused-ring (bicyclic) bond motifs is 1. The van der Waals surface area contributed by atoms with Gasteiger partial charge in [-0.25, -0.2) is 9.97 Å². The van der Waals surface area contributed by atoms with Crippen LogP contribution >= 0.6 is 11.3 Å². The molecule has 0 bridgehead atoms. The van der Waals surface area contributed by atoms with Gasteiger partial charge in [0.05, 0.1) is 16.9 Å². The number of nitrogens with zero attached hydrogens (tertiary/aromatic N) is 4. The Morgan fingerprint density at radius 2 is 1.92 bits per heavy atom. The molecule has 7 heteroatoms. The van der Waals surface area contributed by atoms with Crippen LogP contribution in [0.2, 0.25) is 0 Å². The minimum atomic E-state index is 0.0289. The fourth-order valence-corrected chi connectivity index (χ4v) is 4.60. The molecule has 0 aliphatic carbocycles. The number of anilines is 1. The second kappa shape index (κ2) is 8.77. The highest BCUT2D eigenvalue weighted by molar-refractivity contribution is 7.20. The van der Waals surface area contributed by atoms with Gasteiger partial charge in [-0.2, -0.15) is 0 Å². The molecule has 1 aliphatic heterocycles. The average molecular weight is 377 g/mol. The minimum absolute atomic E-state index is 0.0289. The summed E-state index contributed by atoms with van der Waals surface area (Å²) in [5.74, 6) is 1.02. The molecule has 3 rings (SSSR count). The van der Waals surface area contributed by atoms with Crippen molar-refractivity contribution in [3.63, 3.8) is 0 Å². The molecule has 142 valence electrons. The number of thiophene rings is 1. The van der Waals surface area contributed by atoms with Crippen molar-refractivity contribution >= 4 is 33.3 Å². The van der Waals surface area contributed by atoms with Crippen LogP contribution in [-0.2, 0) is 4.74 Å². The zero-order valence-electron chi connectivity index (χ0n) is 16.0. The largest absolute Gasteiger partial charge is 0.383 e. The van der Waals surface area contributed by atoms with E-state index in [0.29, 0.717) is 13.2 Å². The van der Waals surface area contributed by atoms with E-state index in [-0.39, 0.29) is 5.91 Å². The van der Waals surface area contributed by atoms with Crippen LogP contribution in [0.1, 0.15) is 47.3 Å². The van der Waals surface area contributed by atoms with Crippen LogP contribution in [0.3, 0.4) is 0 Å². The normalized spacial score (nSPS) is 15.7. The maximum absolute atomic E-state index is 12.8. The molecular formula is C19H28N4O2S. The monoisotopic (exact) mass is 376 g/mol. The van der Waals surface area contributed by atoms with E-state index in [1.165, 1.54) is 43.4 Å². The van der Waals surface area contributed by atoms with Crippen molar-refractivity contribution in [2.24, 2.45) is 0 Å². The molecule has 0 radical (unpaired) electrons. The quantitative estimate of drug-likeness (QED) is 0.799. The first kappa shape index (κ1) is 19.0. The lowest BCUT2D eigenvalue weighted by Crippen LogP contribution is -2.30. The van der Waals surface area contributed by atoms with Gasteiger partial charge in [0.1, 0.15) is 17.0 Å². The Hall–Kier alpha value is -1.73. The zero-order chi connectivity index (χ0) is 18.5. The van der Waals surface area contributed by atoms with E-state index in [9.17, 15) is 4.79 Å². The molecule has 1 aliphatic rings. The summed E-state index contributed by atoms with van der Waals surface area (Å²) in [5, 5.41) is 1.04. The van der Waals surface area contributed by atoms with Gasteiger partial charge in [-0.15, -0.1) is 11.3 Å². The van der Waals surface area contributed by atoms with Gasteiger partial charge in [-0.1, -0.05) is 19.3 Å². The van der Waals surface area contributed by atoms with Crippen molar-refractivity contribution in [1.82, 2.24) is 14.9 Å². The Kier molecular flexibility index (Phi) is 6.43. The summed E-state index contributed by atoms with van der Waals surface area (Å²) >= 11 is 1.47. The Morgan fingerprint density at radius 3 is 2.62 bits per heavy atom. The Bertz CT molecular complexity index is 753. The molecule has 2 aromatic heterocycles. The summed E-state index contributed by atoms with van der Waals surface area (Å²) in [5.41, 5.74) is 0.997. The first-order valence-corrected chi connectivity index (χ1v) is 10.2. The van der Waals surface area contributed by atoms with Crippen LogP contribution in [0.4, 0.5) is 5.82 Å². The number of rotatable bonds is 5. The van der Waals surface area contributed by atoms with Crippen LogP contribution in [0.5, 0.6) is 0 Å². The van der Waals surface area contributed by atoms with E-state index < -0.39 is 0 Å². The van der Waals surface area contributed by atoms with Crippen molar-refractivity contribution in [3.05, 3.63) is 16.8 Å². The summed E-state index contributed by atoms with van der Waals surface area (Å²) in [4.78, 5) is 27.7. The fourth-order valence-electron chi connectivity index (χ4n) is 3.46. The van der Waals surface area contributed by atoms with Crippen LogP contribution in [0.25, 0.3) is 10.2 Å². The van der Waals surface area contributed by atoms with Crippen LogP contribution in [0, 0.1) is 6.92 Å². The number of carbonyl (C=O) groups is 1. The second-order valence-corrected chi connectivity index (χ2v) is 7.91. The molecule has 0 unspecified atom stereocenters. The van der Waals surface area contributed by atoms with Crippen molar-refractivity contribution in [3.8, 4) is 0 Å². The number of ether oxygens (including phenoxy) is 1. The predicted molar refractivity (Wildman–Crippen MR) is 106 cm³/mol. The number of carbonyl (C=O) groups excluding carboxylic acids is 1. The Balaban J connectivity index is 1.94. The molecular weight excluding hydrogens is 348 g/mol. The maximum atomic E-state index is 12.8. The van der Waals surface area contributed by atoms with Gasteiger partial charge in [0, 0.05) is 33.8 Å². The zero-order valence-corrected chi connectivity index (χ0v) is 16.8. The first-order chi connectivity index (χ1) is 12.6. The molecule has 3 heterocycles. The smallest absolute Gasteiger partial charge is 0.264 e. The van der Waals surface area contributed by atoms with Gasteiger partial charge in [-0.3, -0.25) is 4.79 Å². The molecule has 0 atom stereocenters. The fraction of sp³-hybridized carbons (Fsp3) is 0.632. The van der Waals surface area contributed by atoms with Crippen LogP contribution < -0.4 is 4.90 Å². The number of methoxy groups -OCH3 is 1. The number of aryl methyl sites for hydroxylation is 1. The molecule has 0 aromatic carbocycles. The lowest BCUT2D eigenvalue weighted by molar-refractivity contribution is 0.0748. The van der Waals surface area contributed by atoms with Crippen molar-refractivity contribution in [2.45, 2.75) is 39.0 Å². The first-order valence-electron chi connectivity index (χ1n) is 9.37. The van der Waals surface area contributed by atoms with E-state index in [4.69, 9.17) is 4.74 Å². The number of hydrogen-bond donors (Lipinski definition) is 0. The van der Waals surface area contributed by atoms with Gasteiger partial charge < -0.3 is 14.5 Å². The third-order valence-corrected chi connectivity index (χ3v) is 6.22. The molecule has 1 fully saturated rings. The molecule has 0 N–H and O–H groups in total. The summed E-state index contributed by atoms with van der Waals surface area (Å²) in [6, 6.07) is 0. The highest BCUT2D eigenvalue weighted by Gasteiger charge is 2.23. The number of hydrogen-bond acceptors (Lipinski definition) is 6. The summed E-state index contributed by atoms with van der Waals surface area (Å²) < 4.78 is 5.09. The summed E-state index contributed by atoms with van der Waals surface area (Å²) in [7, 11) is 3.46.